The van der Waals surface area contributed by atoms with Crippen LogP contribution in [0.2, 0.25) is 0 Å². The van der Waals surface area contributed by atoms with Crippen LogP contribution in [-0.4, -0.2) is 18.4 Å². The van der Waals surface area contributed by atoms with Gasteiger partial charge in [-0.15, -0.1) is 0 Å². The molecule has 0 saturated carbocycles. The first kappa shape index (κ1) is 15.5. The maximum atomic E-state index is 8.73. The Balaban J connectivity index is 1.92. The Morgan fingerprint density at radius 3 is 2.64 bits per heavy atom. The van der Waals surface area contributed by atoms with Gasteiger partial charge in [-0.1, -0.05) is 24.3 Å². The van der Waals surface area contributed by atoms with E-state index in [-0.39, 0.29) is 0 Å². The van der Waals surface area contributed by atoms with Gasteiger partial charge in [0.2, 0.25) is 0 Å². The number of para-hydroxylation sites is 2. The lowest BCUT2D eigenvalue weighted by molar-refractivity contribution is 0.417. The van der Waals surface area contributed by atoms with Crippen LogP contribution in [-0.2, 0) is 0 Å². The van der Waals surface area contributed by atoms with E-state index in [0.29, 0.717) is 16.4 Å². The summed E-state index contributed by atoms with van der Waals surface area (Å²) >= 11 is 5.16. The van der Waals surface area contributed by atoms with Crippen molar-refractivity contribution >= 4 is 29.2 Å². The first-order chi connectivity index (χ1) is 10.7. The molecule has 0 aliphatic carbocycles. The van der Waals surface area contributed by atoms with Crippen LogP contribution in [0, 0.1) is 11.3 Å². The number of hydrazone groups is 1. The summed E-state index contributed by atoms with van der Waals surface area (Å²) in [7, 11) is 1.60. The van der Waals surface area contributed by atoms with Crippen LogP contribution in [0.5, 0.6) is 5.75 Å². The SMILES string of the molecule is COc1ccccc1NC(=S)NN=Cc1ccc(C#N)cc1. The molecule has 0 bridgehead atoms. The van der Waals surface area contributed by atoms with Gasteiger partial charge >= 0.3 is 0 Å². The van der Waals surface area contributed by atoms with E-state index in [9.17, 15) is 0 Å². The summed E-state index contributed by atoms with van der Waals surface area (Å²) in [5.74, 6) is 0.697. The van der Waals surface area contributed by atoms with Gasteiger partial charge in [-0.2, -0.15) is 10.4 Å². The smallest absolute Gasteiger partial charge is 0.191 e. The van der Waals surface area contributed by atoms with Crippen LogP contribution in [0.25, 0.3) is 0 Å². The standard InChI is InChI=1S/C16H14N4OS/c1-21-15-5-3-2-4-14(15)19-16(22)20-18-11-13-8-6-12(10-17)7-9-13/h2-9,11H,1H3,(H2,19,20,22). The molecule has 0 atom stereocenters. The summed E-state index contributed by atoms with van der Waals surface area (Å²) in [6.07, 6.45) is 1.62. The summed E-state index contributed by atoms with van der Waals surface area (Å²) in [4.78, 5) is 0. The molecule has 0 fully saturated rings. The minimum atomic E-state index is 0.356. The highest BCUT2D eigenvalue weighted by atomic mass is 32.1. The fraction of sp³-hybridized carbons (Fsp3) is 0.0625. The van der Waals surface area contributed by atoms with Gasteiger partial charge in [0.1, 0.15) is 5.75 Å². The van der Waals surface area contributed by atoms with Gasteiger partial charge in [0.25, 0.3) is 0 Å². The van der Waals surface area contributed by atoms with Gasteiger partial charge in [0, 0.05) is 0 Å². The molecule has 0 unspecified atom stereocenters. The molecular weight excluding hydrogens is 296 g/mol. The molecule has 0 heterocycles. The third-order valence-electron chi connectivity index (χ3n) is 2.77. The summed E-state index contributed by atoms with van der Waals surface area (Å²) in [6, 6.07) is 16.6. The van der Waals surface area contributed by atoms with Crippen LogP contribution < -0.4 is 15.5 Å². The number of thiocarbonyl (C=S) groups is 1. The Hall–Kier alpha value is -2.91. The minimum absolute atomic E-state index is 0.356. The molecular formula is C16H14N4OS. The molecule has 2 aromatic carbocycles. The lowest BCUT2D eigenvalue weighted by Crippen LogP contribution is -2.24. The molecule has 6 heteroatoms. The third kappa shape index (κ3) is 4.30. The van der Waals surface area contributed by atoms with E-state index >= 15 is 0 Å². The van der Waals surface area contributed by atoms with Crippen LogP contribution >= 0.6 is 12.2 Å². The van der Waals surface area contributed by atoms with E-state index in [2.05, 4.69) is 21.9 Å². The van der Waals surface area contributed by atoms with Crippen LogP contribution in [0.15, 0.2) is 53.6 Å². The van der Waals surface area contributed by atoms with Crippen molar-refractivity contribution in [3.05, 3.63) is 59.7 Å². The van der Waals surface area contributed by atoms with Crippen molar-refractivity contribution in [3.63, 3.8) is 0 Å². The molecule has 0 spiro atoms. The molecule has 0 amide bonds. The highest BCUT2D eigenvalue weighted by molar-refractivity contribution is 7.80. The number of nitrogens with one attached hydrogen (secondary N) is 2. The number of benzene rings is 2. The third-order valence-corrected chi connectivity index (χ3v) is 2.97. The molecule has 0 saturated heterocycles. The molecule has 5 nitrogen and oxygen atoms in total. The van der Waals surface area contributed by atoms with Crippen LogP contribution in [0.1, 0.15) is 11.1 Å². The van der Waals surface area contributed by atoms with Gasteiger partial charge in [-0.05, 0) is 42.0 Å². The number of nitriles is 1. The van der Waals surface area contributed by atoms with Crippen LogP contribution in [0.3, 0.4) is 0 Å². The second kappa shape index (κ2) is 7.76. The highest BCUT2D eigenvalue weighted by Gasteiger charge is 2.02. The monoisotopic (exact) mass is 310 g/mol. The maximum Gasteiger partial charge on any atom is 0.191 e. The Morgan fingerprint density at radius 2 is 1.95 bits per heavy atom. The zero-order valence-electron chi connectivity index (χ0n) is 11.9. The van der Waals surface area contributed by atoms with E-state index in [1.54, 1.807) is 37.6 Å². The summed E-state index contributed by atoms with van der Waals surface area (Å²) in [5.41, 5.74) is 4.97. The van der Waals surface area contributed by atoms with Gasteiger partial charge in [-0.3, -0.25) is 5.43 Å². The lowest BCUT2D eigenvalue weighted by atomic mass is 10.2. The molecule has 2 N–H and O–H groups in total. The van der Waals surface area contributed by atoms with E-state index in [1.165, 1.54) is 0 Å². The number of nitrogens with zero attached hydrogens (tertiary/aromatic N) is 2. The molecule has 110 valence electrons. The molecule has 0 radical (unpaired) electrons. The first-order valence-electron chi connectivity index (χ1n) is 6.46. The van der Waals surface area contributed by atoms with Gasteiger partial charge < -0.3 is 10.1 Å². The summed E-state index contributed by atoms with van der Waals surface area (Å²) in [5, 5.41) is 16.1. The Bertz CT molecular complexity index is 720. The Morgan fingerprint density at radius 1 is 1.23 bits per heavy atom. The second-order valence-corrected chi connectivity index (χ2v) is 4.67. The van der Waals surface area contributed by atoms with Crippen molar-refractivity contribution in [2.24, 2.45) is 5.10 Å². The van der Waals surface area contributed by atoms with Gasteiger partial charge in [0.05, 0.1) is 30.6 Å². The normalized spacial score (nSPS) is 10.0. The summed E-state index contributed by atoms with van der Waals surface area (Å²) < 4.78 is 5.23. The van der Waals surface area contributed by atoms with Crippen molar-refractivity contribution in [1.82, 2.24) is 5.43 Å². The van der Waals surface area contributed by atoms with Gasteiger partial charge in [-0.25, -0.2) is 0 Å². The number of hydrogen-bond acceptors (Lipinski definition) is 4. The second-order valence-electron chi connectivity index (χ2n) is 4.26. The van der Waals surface area contributed by atoms with Crippen molar-refractivity contribution < 1.29 is 4.74 Å². The molecule has 2 rings (SSSR count). The average Bonchev–Trinajstić information content (AvgIpc) is 2.56. The largest absolute Gasteiger partial charge is 0.495 e. The number of methoxy groups -OCH3 is 1. The number of ether oxygens (including phenoxy) is 1. The topological polar surface area (TPSA) is 69.4 Å². The first-order valence-corrected chi connectivity index (χ1v) is 6.87. The molecule has 0 aromatic heterocycles. The van der Waals surface area contributed by atoms with Crippen molar-refractivity contribution in [3.8, 4) is 11.8 Å². The number of anilines is 1. The van der Waals surface area contributed by atoms with Crippen molar-refractivity contribution in [2.45, 2.75) is 0 Å². The fourth-order valence-electron chi connectivity index (χ4n) is 1.71. The predicted molar refractivity (Wildman–Crippen MR) is 91.1 cm³/mol. The average molecular weight is 310 g/mol. The fourth-order valence-corrected chi connectivity index (χ4v) is 1.87. The zero-order chi connectivity index (χ0) is 15.8. The Labute approximate surface area is 134 Å². The van der Waals surface area contributed by atoms with E-state index in [0.717, 1.165) is 11.3 Å². The minimum Gasteiger partial charge on any atom is -0.495 e. The predicted octanol–water partition coefficient (Wildman–Crippen LogP) is 2.89. The van der Waals surface area contributed by atoms with Crippen molar-refractivity contribution in [1.29, 1.82) is 5.26 Å². The lowest BCUT2D eigenvalue weighted by Gasteiger charge is -2.10. The quantitative estimate of drug-likeness (QED) is 0.516. The number of rotatable bonds is 4. The van der Waals surface area contributed by atoms with Gasteiger partial charge in [0.15, 0.2) is 5.11 Å². The van der Waals surface area contributed by atoms with E-state index in [4.69, 9.17) is 22.2 Å². The van der Waals surface area contributed by atoms with E-state index in [1.807, 2.05) is 24.3 Å². The summed E-state index contributed by atoms with van der Waals surface area (Å²) in [6.45, 7) is 0. The maximum absolute atomic E-state index is 8.73. The number of hydrogen-bond donors (Lipinski definition) is 2. The molecule has 0 aliphatic rings. The van der Waals surface area contributed by atoms with Crippen LogP contribution in [0.4, 0.5) is 5.69 Å². The molecule has 0 aliphatic heterocycles. The molecule has 2 aromatic rings. The zero-order valence-corrected chi connectivity index (χ0v) is 12.7. The Kier molecular flexibility index (Phi) is 5.46. The molecule has 22 heavy (non-hydrogen) atoms. The van der Waals surface area contributed by atoms with E-state index < -0.39 is 0 Å². The highest BCUT2D eigenvalue weighted by Crippen LogP contribution is 2.22. The van der Waals surface area contributed by atoms with Crippen molar-refractivity contribution in [2.75, 3.05) is 12.4 Å².